The molecule has 1 unspecified atom stereocenters. The second kappa shape index (κ2) is 8.33. The van der Waals surface area contributed by atoms with Crippen LogP contribution in [0.3, 0.4) is 0 Å². The molecule has 1 aromatic carbocycles. The highest BCUT2D eigenvalue weighted by molar-refractivity contribution is 5.79. The van der Waals surface area contributed by atoms with Gasteiger partial charge >= 0.3 is 0 Å². The number of likely N-dealkylation sites (tertiary alicyclic amines) is 1. The predicted molar refractivity (Wildman–Crippen MR) is 115 cm³/mol. The summed E-state index contributed by atoms with van der Waals surface area (Å²) in [7, 11) is 0. The van der Waals surface area contributed by atoms with Crippen LogP contribution in [0.5, 0.6) is 0 Å². The van der Waals surface area contributed by atoms with Gasteiger partial charge in [0.1, 0.15) is 0 Å². The third-order valence-electron chi connectivity index (χ3n) is 8.13. The number of carbonyl (C=O) groups excluding carboxylic acids is 2. The van der Waals surface area contributed by atoms with E-state index in [9.17, 15) is 9.59 Å². The van der Waals surface area contributed by atoms with Gasteiger partial charge in [0.15, 0.2) is 0 Å². The maximum atomic E-state index is 12.9. The molecular weight excluding hydrogens is 376 g/mol. The Morgan fingerprint density at radius 3 is 2.40 bits per heavy atom. The molecule has 0 N–H and O–H groups in total. The number of fused-ring (bicyclic) bond motifs is 2. The Labute approximate surface area is 179 Å². The summed E-state index contributed by atoms with van der Waals surface area (Å²) in [6.07, 6.45) is 8.29. The number of piperidine rings is 1. The van der Waals surface area contributed by atoms with Crippen molar-refractivity contribution in [2.45, 2.75) is 62.7 Å². The third-order valence-corrected chi connectivity index (χ3v) is 8.13. The van der Waals surface area contributed by atoms with Gasteiger partial charge < -0.3 is 14.5 Å². The summed E-state index contributed by atoms with van der Waals surface area (Å²) in [5, 5.41) is 0. The van der Waals surface area contributed by atoms with Crippen LogP contribution in [0.15, 0.2) is 24.3 Å². The van der Waals surface area contributed by atoms with Crippen molar-refractivity contribution in [3.05, 3.63) is 35.4 Å². The molecule has 2 saturated heterocycles. The normalized spacial score (nSPS) is 26.2. The molecule has 30 heavy (non-hydrogen) atoms. The van der Waals surface area contributed by atoms with Gasteiger partial charge in [-0.1, -0.05) is 37.1 Å². The molecule has 1 aromatic rings. The van der Waals surface area contributed by atoms with Gasteiger partial charge in [-0.15, -0.1) is 0 Å². The van der Waals surface area contributed by atoms with Crippen LogP contribution in [-0.4, -0.2) is 61.0 Å². The molecule has 162 valence electrons. The number of hydrogen-bond acceptors (Lipinski definition) is 3. The fraction of sp³-hybridized carbons (Fsp3) is 0.680. The maximum Gasteiger partial charge on any atom is 0.225 e. The van der Waals surface area contributed by atoms with E-state index < -0.39 is 0 Å². The average molecular weight is 411 g/mol. The van der Waals surface area contributed by atoms with Crippen molar-refractivity contribution in [3.63, 3.8) is 0 Å². The molecule has 4 aliphatic rings. The quantitative estimate of drug-likeness (QED) is 0.767. The second-order valence-electron chi connectivity index (χ2n) is 9.77. The van der Waals surface area contributed by atoms with Crippen LogP contribution >= 0.6 is 0 Å². The zero-order valence-corrected chi connectivity index (χ0v) is 18.0. The summed E-state index contributed by atoms with van der Waals surface area (Å²) in [5.74, 6) is 1.24. The lowest BCUT2D eigenvalue weighted by molar-refractivity contribution is -0.137. The van der Waals surface area contributed by atoms with Crippen LogP contribution in [-0.2, 0) is 19.7 Å². The largest absolute Gasteiger partial charge is 0.378 e. The summed E-state index contributed by atoms with van der Waals surface area (Å²) in [6, 6.07) is 8.77. The van der Waals surface area contributed by atoms with Crippen LogP contribution in [0.25, 0.3) is 0 Å². The van der Waals surface area contributed by atoms with E-state index in [1.165, 1.54) is 24.0 Å². The van der Waals surface area contributed by atoms with Crippen molar-refractivity contribution in [3.8, 4) is 0 Å². The monoisotopic (exact) mass is 410 g/mol. The number of morpholine rings is 1. The summed E-state index contributed by atoms with van der Waals surface area (Å²) in [6.45, 7) is 4.48. The summed E-state index contributed by atoms with van der Waals surface area (Å²) >= 11 is 0. The SMILES string of the molecule is O=C(CC1CC2(CCN(C(=O)C3CCCC3)CC2)c2ccccc21)N1CCOCC1. The molecule has 0 aromatic heterocycles. The Morgan fingerprint density at radius 2 is 1.67 bits per heavy atom. The lowest BCUT2D eigenvalue weighted by Gasteiger charge is -2.41. The first-order valence-electron chi connectivity index (χ1n) is 11.9. The Kier molecular flexibility index (Phi) is 5.57. The second-order valence-corrected chi connectivity index (χ2v) is 9.77. The summed E-state index contributed by atoms with van der Waals surface area (Å²) < 4.78 is 5.41. The Bertz CT molecular complexity index is 787. The molecule has 2 aliphatic heterocycles. The van der Waals surface area contributed by atoms with Gasteiger partial charge in [0, 0.05) is 38.5 Å². The molecule has 5 rings (SSSR count). The molecule has 0 bridgehead atoms. The van der Waals surface area contributed by atoms with E-state index in [1.54, 1.807) is 0 Å². The van der Waals surface area contributed by atoms with Gasteiger partial charge in [0.05, 0.1) is 13.2 Å². The Hall–Kier alpha value is -1.88. The van der Waals surface area contributed by atoms with E-state index in [0.717, 1.165) is 58.3 Å². The molecule has 5 heteroatoms. The van der Waals surface area contributed by atoms with E-state index in [4.69, 9.17) is 4.74 Å². The van der Waals surface area contributed by atoms with E-state index in [-0.39, 0.29) is 17.2 Å². The number of ether oxygens (including phenoxy) is 1. The standard InChI is InChI=1S/C25H34N2O3/c28-23(26-13-15-30-16-14-26)17-20-18-25(22-8-4-3-7-21(20)22)9-11-27(12-10-25)24(29)19-5-1-2-6-19/h3-4,7-8,19-20H,1-2,5-6,9-18H2. The predicted octanol–water partition coefficient (Wildman–Crippen LogP) is 3.47. The molecular formula is C25H34N2O3. The Morgan fingerprint density at radius 1 is 0.967 bits per heavy atom. The van der Waals surface area contributed by atoms with Crippen molar-refractivity contribution in [1.29, 1.82) is 0 Å². The fourth-order valence-electron chi connectivity index (χ4n) is 6.42. The van der Waals surface area contributed by atoms with E-state index in [0.29, 0.717) is 31.5 Å². The Balaban J connectivity index is 1.28. The van der Waals surface area contributed by atoms with E-state index in [2.05, 4.69) is 29.2 Å². The molecule has 5 nitrogen and oxygen atoms in total. The number of nitrogens with zero attached hydrogens (tertiary/aromatic N) is 2. The maximum absolute atomic E-state index is 12.9. The molecule has 2 aliphatic carbocycles. The minimum Gasteiger partial charge on any atom is -0.378 e. The number of rotatable bonds is 3. The van der Waals surface area contributed by atoms with Crippen LogP contribution in [0.4, 0.5) is 0 Å². The minimum absolute atomic E-state index is 0.138. The van der Waals surface area contributed by atoms with Crippen molar-refractivity contribution in [2.75, 3.05) is 39.4 Å². The number of amides is 2. The lowest BCUT2D eigenvalue weighted by atomic mass is 9.73. The molecule has 0 radical (unpaired) electrons. The van der Waals surface area contributed by atoms with Crippen molar-refractivity contribution < 1.29 is 14.3 Å². The van der Waals surface area contributed by atoms with Gasteiger partial charge in [0.2, 0.25) is 11.8 Å². The van der Waals surface area contributed by atoms with E-state index in [1.807, 2.05) is 4.90 Å². The smallest absolute Gasteiger partial charge is 0.225 e. The highest BCUT2D eigenvalue weighted by Crippen LogP contribution is 2.53. The molecule has 2 heterocycles. The van der Waals surface area contributed by atoms with Crippen LogP contribution in [0.2, 0.25) is 0 Å². The first kappa shape index (κ1) is 20.0. The zero-order chi connectivity index (χ0) is 20.6. The van der Waals surface area contributed by atoms with Gasteiger partial charge in [-0.25, -0.2) is 0 Å². The lowest BCUT2D eigenvalue weighted by Crippen LogP contribution is -2.46. The number of hydrogen-bond donors (Lipinski definition) is 0. The van der Waals surface area contributed by atoms with Gasteiger partial charge in [-0.2, -0.15) is 0 Å². The average Bonchev–Trinajstić information content (AvgIpc) is 3.43. The molecule has 2 amide bonds. The molecule has 1 atom stereocenters. The highest BCUT2D eigenvalue weighted by Gasteiger charge is 2.46. The van der Waals surface area contributed by atoms with Crippen LogP contribution in [0.1, 0.15) is 68.4 Å². The number of carbonyl (C=O) groups is 2. The minimum atomic E-state index is 0.138. The van der Waals surface area contributed by atoms with Crippen molar-refractivity contribution in [1.82, 2.24) is 9.80 Å². The topological polar surface area (TPSA) is 49.9 Å². The van der Waals surface area contributed by atoms with Crippen LogP contribution in [0, 0.1) is 5.92 Å². The van der Waals surface area contributed by atoms with Crippen molar-refractivity contribution >= 4 is 11.8 Å². The summed E-state index contributed by atoms with van der Waals surface area (Å²) in [4.78, 5) is 29.9. The van der Waals surface area contributed by atoms with E-state index >= 15 is 0 Å². The fourth-order valence-corrected chi connectivity index (χ4v) is 6.42. The number of benzene rings is 1. The van der Waals surface area contributed by atoms with Gasteiger partial charge in [-0.3, -0.25) is 9.59 Å². The first-order valence-corrected chi connectivity index (χ1v) is 11.9. The molecule has 1 spiro atoms. The summed E-state index contributed by atoms with van der Waals surface area (Å²) in [5.41, 5.74) is 2.95. The zero-order valence-electron chi connectivity index (χ0n) is 18.0. The third kappa shape index (κ3) is 3.66. The van der Waals surface area contributed by atoms with Gasteiger partial charge in [-0.05, 0) is 54.6 Å². The van der Waals surface area contributed by atoms with Crippen molar-refractivity contribution in [2.24, 2.45) is 5.92 Å². The first-order chi connectivity index (χ1) is 14.7. The molecule has 3 fully saturated rings. The van der Waals surface area contributed by atoms with Crippen LogP contribution < -0.4 is 0 Å². The molecule has 1 saturated carbocycles. The highest BCUT2D eigenvalue weighted by atomic mass is 16.5. The van der Waals surface area contributed by atoms with Gasteiger partial charge in [0.25, 0.3) is 0 Å².